The van der Waals surface area contributed by atoms with E-state index in [1.165, 1.54) is 5.56 Å². The maximum absolute atomic E-state index is 4.35. The molecule has 0 fully saturated rings. The Morgan fingerprint density at radius 3 is 2.25 bits per heavy atom. The van der Waals surface area contributed by atoms with Crippen molar-refractivity contribution in [3.63, 3.8) is 0 Å². The Balaban J connectivity index is 2.24. The van der Waals surface area contributed by atoms with Gasteiger partial charge in [-0.2, -0.15) is 0 Å². The van der Waals surface area contributed by atoms with E-state index in [-0.39, 0.29) is 0 Å². The molecule has 1 heterocycles. The lowest BCUT2D eigenvalue weighted by Crippen LogP contribution is -2.06. The van der Waals surface area contributed by atoms with Gasteiger partial charge < -0.3 is 5.32 Å². The van der Waals surface area contributed by atoms with Gasteiger partial charge in [0.2, 0.25) is 0 Å². The number of aromatic nitrogens is 2. The van der Waals surface area contributed by atoms with Crippen molar-refractivity contribution in [2.45, 2.75) is 13.5 Å². The van der Waals surface area contributed by atoms with Crippen LogP contribution in [0, 0.1) is 6.92 Å². The summed E-state index contributed by atoms with van der Waals surface area (Å²) in [6.07, 6.45) is 3.72. The van der Waals surface area contributed by atoms with Gasteiger partial charge in [-0.05, 0) is 14.0 Å². The minimum Gasteiger partial charge on any atom is -0.316 e. The quantitative estimate of drug-likeness (QED) is 0.849. The van der Waals surface area contributed by atoms with E-state index in [1.54, 1.807) is 0 Å². The largest absolute Gasteiger partial charge is 0.316 e. The lowest BCUT2D eigenvalue weighted by Gasteiger charge is -2.02. The minimum absolute atomic E-state index is 0.778. The number of aryl methyl sites for hydroxylation is 1. The fourth-order valence-corrected chi connectivity index (χ4v) is 1.50. The van der Waals surface area contributed by atoms with Gasteiger partial charge in [0.25, 0.3) is 0 Å². The summed E-state index contributed by atoms with van der Waals surface area (Å²) in [5, 5.41) is 3.07. The van der Waals surface area contributed by atoms with E-state index in [2.05, 4.69) is 34.3 Å². The van der Waals surface area contributed by atoms with Crippen molar-refractivity contribution in [2.75, 3.05) is 7.05 Å². The first kappa shape index (κ1) is 10.8. The van der Waals surface area contributed by atoms with Crippen LogP contribution in [0.25, 0.3) is 11.4 Å². The van der Waals surface area contributed by atoms with Gasteiger partial charge in [-0.25, -0.2) is 9.97 Å². The number of hydrogen-bond donors (Lipinski definition) is 1. The summed E-state index contributed by atoms with van der Waals surface area (Å²) < 4.78 is 0. The lowest BCUT2D eigenvalue weighted by molar-refractivity contribution is 0.807. The molecule has 82 valence electrons. The van der Waals surface area contributed by atoms with Crippen molar-refractivity contribution in [1.82, 2.24) is 15.3 Å². The van der Waals surface area contributed by atoms with Crippen LogP contribution in [0.2, 0.25) is 0 Å². The number of nitrogens with one attached hydrogen (secondary N) is 1. The molecule has 2 aromatic rings. The zero-order chi connectivity index (χ0) is 11.4. The van der Waals surface area contributed by atoms with Crippen LogP contribution in [0.15, 0.2) is 36.7 Å². The predicted molar refractivity (Wildman–Crippen MR) is 65.0 cm³/mol. The molecule has 0 amide bonds. The molecule has 0 atom stereocenters. The molecule has 0 saturated heterocycles. The number of hydrogen-bond acceptors (Lipinski definition) is 3. The van der Waals surface area contributed by atoms with Crippen LogP contribution in [0.5, 0.6) is 0 Å². The van der Waals surface area contributed by atoms with Gasteiger partial charge in [-0.15, -0.1) is 0 Å². The molecule has 1 N–H and O–H groups in total. The van der Waals surface area contributed by atoms with E-state index in [4.69, 9.17) is 0 Å². The highest BCUT2D eigenvalue weighted by Gasteiger charge is 2.00. The van der Waals surface area contributed by atoms with E-state index < -0.39 is 0 Å². The van der Waals surface area contributed by atoms with Crippen molar-refractivity contribution in [1.29, 1.82) is 0 Å². The Hall–Kier alpha value is -1.74. The molecule has 0 aliphatic carbocycles. The number of benzene rings is 1. The molecule has 0 radical (unpaired) electrons. The fourth-order valence-electron chi connectivity index (χ4n) is 1.50. The van der Waals surface area contributed by atoms with E-state index in [1.807, 2.05) is 31.6 Å². The standard InChI is InChI=1S/C13H15N3/c1-10-3-5-12(6-4-10)13-15-8-11(7-14-2)9-16-13/h3-6,8-9,14H,7H2,1-2H3. The van der Waals surface area contributed by atoms with Gasteiger partial charge >= 0.3 is 0 Å². The second kappa shape index (κ2) is 4.86. The van der Waals surface area contributed by atoms with Crippen molar-refractivity contribution in [2.24, 2.45) is 0 Å². The molecule has 16 heavy (non-hydrogen) atoms. The van der Waals surface area contributed by atoms with E-state index in [0.717, 1.165) is 23.5 Å². The first-order valence-electron chi connectivity index (χ1n) is 5.32. The molecule has 0 aliphatic heterocycles. The zero-order valence-electron chi connectivity index (χ0n) is 9.57. The Morgan fingerprint density at radius 1 is 1.06 bits per heavy atom. The summed E-state index contributed by atoms with van der Waals surface area (Å²) in [7, 11) is 1.91. The zero-order valence-corrected chi connectivity index (χ0v) is 9.57. The average Bonchev–Trinajstić information content (AvgIpc) is 2.32. The van der Waals surface area contributed by atoms with E-state index in [0.29, 0.717) is 0 Å². The van der Waals surface area contributed by atoms with Crippen LogP contribution in [0.1, 0.15) is 11.1 Å². The van der Waals surface area contributed by atoms with E-state index in [9.17, 15) is 0 Å². The Kier molecular flexibility index (Phi) is 3.27. The van der Waals surface area contributed by atoms with Crippen molar-refractivity contribution in [3.8, 4) is 11.4 Å². The Bertz CT molecular complexity index is 446. The van der Waals surface area contributed by atoms with Gasteiger partial charge in [0.1, 0.15) is 0 Å². The maximum Gasteiger partial charge on any atom is 0.159 e. The second-order valence-corrected chi connectivity index (χ2v) is 3.81. The third-order valence-electron chi connectivity index (χ3n) is 2.40. The molecule has 3 heteroatoms. The van der Waals surface area contributed by atoms with Crippen LogP contribution in [0.4, 0.5) is 0 Å². The maximum atomic E-state index is 4.35. The molecule has 1 aromatic heterocycles. The van der Waals surface area contributed by atoms with Gasteiger partial charge in [0, 0.05) is 30.1 Å². The van der Waals surface area contributed by atoms with Crippen molar-refractivity contribution in [3.05, 3.63) is 47.8 Å². The average molecular weight is 213 g/mol. The summed E-state index contributed by atoms with van der Waals surface area (Å²) in [4.78, 5) is 8.69. The third kappa shape index (κ3) is 2.44. The first-order chi connectivity index (χ1) is 7.79. The summed E-state index contributed by atoms with van der Waals surface area (Å²) in [6.45, 7) is 2.87. The summed E-state index contributed by atoms with van der Waals surface area (Å²) in [5.74, 6) is 0.778. The van der Waals surface area contributed by atoms with Crippen molar-refractivity contribution < 1.29 is 0 Å². The van der Waals surface area contributed by atoms with Crippen LogP contribution in [-0.4, -0.2) is 17.0 Å². The van der Waals surface area contributed by atoms with Gasteiger partial charge in [0.15, 0.2) is 5.82 Å². The molecule has 0 unspecified atom stereocenters. The highest BCUT2D eigenvalue weighted by Crippen LogP contribution is 2.14. The molecule has 1 aromatic carbocycles. The molecule has 0 bridgehead atoms. The topological polar surface area (TPSA) is 37.8 Å². The highest BCUT2D eigenvalue weighted by molar-refractivity contribution is 5.54. The number of rotatable bonds is 3. The molecular weight excluding hydrogens is 198 g/mol. The highest BCUT2D eigenvalue weighted by atomic mass is 14.9. The lowest BCUT2D eigenvalue weighted by atomic mass is 10.1. The summed E-state index contributed by atoms with van der Waals surface area (Å²) in [6, 6.07) is 8.23. The Morgan fingerprint density at radius 2 is 1.69 bits per heavy atom. The SMILES string of the molecule is CNCc1cnc(-c2ccc(C)cc2)nc1. The first-order valence-corrected chi connectivity index (χ1v) is 5.32. The molecule has 0 saturated carbocycles. The third-order valence-corrected chi connectivity index (χ3v) is 2.40. The minimum atomic E-state index is 0.778. The van der Waals surface area contributed by atoms with E-state index >= 15 is 0 Å². The number of nitrogens with zero attached hydrogens (tertiary/aromatic N) is 2. The summed E-state index contributed by atoms with van der Waals surface area (Å²) in [5.41, 5.74) is 3.40. The molecular formula is C13H15N3. The smallest absolute Gasteiger partial charge is 0.159 e. The molecule has 0 spiro atoms. The van der Waals surface area contributed by atoms with Gasteiger partial charge in [-0.3, -0.25) is 0 Å². The fraction of sp³-hybridized carbons (Fsp3) is 0.231. The van der Waals surface area contributed by atoms with Gasteiger partial charge in [0.05, 0.1) is 0 Å². The second-order valence-electron chi connectivity index (χ2n) is 3.81. The summed E-state index contributed by atoms with van der Waals surface area (Å²) >= 11 is 0. The molecule has 3 nitrogen and oxygen atoms in total. The predicted octanol–water partition coefficient (Wildman–Crippen LogP) is 2.17. The molecule has 0 aliphatic rings. The van der Waals surface area contributed by atoms with Crippen LogP contribution >= 0.6 is 0 Å². The van der Waals surface area contributed by atoms with Crippen LogP contribution in [0.3, 0.4) is 0 Å². The van der Waals surface area contributed by atoms with Crippen LogP contribution in [-0.2, 0) is 6.54 Å². The van der Waals surface area contributed by atoms with Crippen molar-refractivity contribution >= 4 is 0 Å². The Labute approximate surface area is 95.6 Å². The molecule has 2 rings (SSSR count). The monoisotopic (exact) mass is 213 g/mol. The van der Waals surface area contributed by atoms with Gasteiger partial charge in [-0.1, -0.05) is 29.8 Å². The normalized spacial score (nSPS) is 10.4. The van der Waals surface area contributed by atoms with Crippen LogP contribution < -0.4 is 5.32 Å².